The lowest BCUT2D eigenvalue weighted by atomic mass is 10.2. The molecule has 0 aliphatic rings. The smallest absolute Gasteiger partial charge is 0.271 e. The van der Waals surface area contributed by atoms with E-state index < -0.39 is 0 Å². The number of aryl methyl sites for hydroxylation is 1. The summed E-state index contributed by atoms with van der Waals surface area (Å²) in [5, 5.41) is 3.98. The number of hydrogen-bond donors (Lipinski definition) is 2. The van der Waals surface area contributed by atoms with Crippen LogP contribution in [0, 0.1) is 6.92 Å². The number of hydrogen-bond acceptors (Lipinski definition) is 4. The molecule has 27 heavy (non-hydrogen) atoms. The second-order valence-electron chi connectivity index (χ2n) is 6.16. The molecule has 0 saturated carbocycles. The van der Waals surface area contributed by atoms with Gasteiger partial charge in [-0.2, -0.15) is 5.10 Å². The number of ether oxygens (including phenoxy) is 1. The summed E-state index contributed by atoms with van der Waals surface area (Å²) in [4.78, 5) is 12.0. The van der Waals surface area contributed by atoms with Crippen LogP contribution in [0.25, 0.3) is 0 Å². The van der Waals surface area contributed by atoms with Crippen molar-refractivity contribution in [1.82, 2.24) is 5.43 Å². The van der Waals surface area contributed by atoms with Crippen molar-refractivity contribution in [2.24, 2.45) is 5.10 Å². The molecule has 0 bridgehead atoms. The van der Waals surface area contributed by atoms with Gasteiger partial charge in [0.25, 0.3) is 5.91 Å². The quantitative estimate of drug-likeness (QED) is 0.398. The molecule has 0 saturated heterocycles. The number of nitrogen functional groups attached to an aromatic ring is 1. The van der Waals surface area contributed by atoms with E-state index >= 15 is 0 Å². The molecular formula is C22H21N3O2. The van der Waals surface area contributed by atoms with Crippen LogP contribution in [0.1, 0.15) is 27.0 Å². The molecule has 5 nitrogen and oxygen atoms in total. The van der Waals surface area contributed by atoms with Crippen LogP contribution in [0.2, 0.25) is 0 Å². The van der Waals surface area contributed by atoms with Crippen LogP contribution in [0.4, 0.5) is 5.69 Å². The van der Waals surface area contributed by atoms with Crippen molar-refractivity contribution in [2.75, 3.05) is 5.73 Å². The second kappa shape index (κ2) is 8.67. The van der Waals surface area contributed by atoms with Crippen LogP contribution in [0.5, 0.6) is 5.75 Å². The molecule has 0 atom stereocenters. The third kappa shape index (κ3) is 5.44. The maximum absolute atomic E-state index is 12.0. The Morgan fingerprint density at radius 3 is 2.33 bits per heavy atom. The monoisotopic (exact) mass is 359 g/mol. The topological polar surface area (TPSA) is 76.7 Å². The first-order chi connectivity index (χ1) is 13.1. The zero-order valence-electron chi connectivity index (χ0n) is 15.1. The molecule has 0 spiro atoms. The number of nitrogens with zero attached hydrogens (tertiary/aromatic N) is 1. The number of rotatable bonds is 6. The van der Waals surface area contributed by atoms with Gasteiger partial charge in [0.1, 0.15) is 12.4 Å². The van der Waals surface area contributed by atoms with Gasteiger partial charge >= 0.3 is 0 Å². The van der Waals surface area contributed by atoms with Gasteiger partial charge < -0.3 is 10.5 Å². The fraction of sp³-hybridized carbons (Fsp3) is 0.0909. The van der Waals surface area contributed by atoms with Crippen LogP contribution < -0.4 is 15.9 Å². The number of carbonyl (C=O) groups is 1. The van der Waals surface area contributed by atoms with Gasteiger partial charge in [-0.05, 0) is 66.6 Å². The minimum atomic E-state index is -0.288. The van der Waals surface area contributed by atoms with Crippen molar-refractivity contribution in [2.45, 2.75) is 13.5 Å². The second-order valence-corrected chi connectivity index (χ2v) is 6.16. The zero-order chi connectivity index (χ0) is 19.1. The van der Waals surface area contributed by atoms with E-state index in [-0.39, 0.29) is 5.91 Å². The predicted molar refractivity (Wildman–Crippen MR) is 108 cm³/mol. The van der Waals surface area contributed by atoms with E-state index in [0.29, 0.717) is 17.9 Å². The lowest BCUT2D eigenvalue weighted by molar-refractivity contribution is 0.0955. The first-order valence-electron chi connectivity index (χ1n) is 8.57. The third-order valence-corrected chi connectivity index (χ3v) is 3.96. The van der Waals surface area contributed by atoms with Crippen molar-refractivity contribution in [3.8, 4) is 5.75 Å². The minimum absolute atomic E-state index is 0.288. The highest BCUT2D eigenvalue weighted by Crippen LogP contribution is 2.14. The first kappa shape index (κ1) is 18.2. The lowest BCUT2D eigenvalue weighted by Crippen LogP contribution is -2.17. The molecule has 0 unspecified atom stereocenters. The highest BCUT2D eigenvalue weighted by molar-refractivity contribution is 5.95. The molecule has 3 N–H and O–H groups in total. The Kier molecular flexibility index (Phi) is 5.84. The summed E-state index contributed by atoms with van der Waals surface area (Å²) in [6.45, 7) is 2.58. The Hall–Kier alpha value is -3.60. The van der Waals surface area contributed by atoms with Crippen molar-refractivity contribution >= 4 is 17.8 Å². The van der Waals surface area contributed by atoms with Crippen molar-refractivity contribution < 1.29 is 9.53 Å². The van der Waals surface area contributed by atoms with E-state index in [1.165, 1.54) is 5.56 Å². The third-order valence-electron chi connectivity index (χ3n) is 3.96. The van der Waals surface area contributed by atoms with Crippen LogP contribution in [0.15, 0.2) is 77.9 Å². The van der Waals surface area contributed by atoms with Crippen molar-refractivity contribution in [3.63, 3.8) is 0 Å². The summed E-state index contributed by atoms with van der Waals surface area (Å²) in [5.41, 5.74) is 12.4. The average Bonchev–Trinajstić information content (AvgIpc) is 2.69. The summed E-state index contributed by atoms with van der Waals surface area (Å²) < 4.78 is 5.77. The summed E-state index contributed by atoms with van der Waals surface area (Å²) in [6, 6.07) is 22.4. The molecule has 3 rings (SSSR count). The number of carbonyl (C=O) groups excluding carboxylic acids is 1. The zero-order valence-corrected chi connectivity index (χ0v) is 15.1. The number of anilines is 1. The van der Waals surface area contributed by atoms with Crippen LogP contribution in [-0.4, -0.2) is 12.1 Å². The molecular weight excluding hydrogens is 338 g/mol. The molecule has 5 heteroatoms. The Labute approximate surface area is 158 Å². The molecule has 0 aliphatic heterocycles. The molecule has 0 heterocycles. The number of nitrogens with two attached hydrogens (primary N) is 1. The Balaban J connectivity index is 1.50. The van der Waals surface area contributed by atoms with Gasteiger partial charge in [0.05, 0.1) is 6.21 Å². The maximum atomic E-state index is 12.0. The van der Waals surface area contributed by atoms with E-state index in [1.807, 2.05) is 24.3 Å². The van der Waals surface area contributed by atoms with Gasteiger partial charge in [-0.3, -0.25) is 4.79 Å². The van der Waals surface area contributed by atoms with E-state index in [2.05, 4.69) is 41.7 Å². The Bertz CT molecular complexity index is 915. The maximum Gasteiger partial charge on any atom is 0.271 e. The fourth-order valence-electron chi connectivity index (χ4n) is 2.37. The molecule has 0 radical (unpaired) electrons. The van der Waals surface area contributed by atoms with Crippen molar-refractivity contribution in [1.29, 1.82) is 0 Å². The number of amides is 1. The van der Waals surface area contributed by atoms with Gasteiger partial charge in [0.15, 0.2) is 0 Å². The highest BCUT2D eigenvalue weighted by Gasteiger charge is 2.03. The molecule has 0 aromatic heterocycles. The average molecular weight is 359 g/mol. The predicted octanol–water partition coefficient (Wildman–Crippen LogP) is 3.92. The van der Waals surface area contributed by atoms with Crippen LogP contribution in [-0.2, 0) is 6.61 Å². The van der Waals surface area contributed by atoms with Crippen LogP contribution >= 0.6 is 0 Å². The van der Waals surface area contributed by atoms with E-state index in [4.69, 9.17) is 10.5 Å². The summed E-state index contributed by atoms with van der Waals surface area (Å²) >= 11 is 0. The fourth-order valence-corrected chi connectivity index (χ4v) is 2.37. The van der Waals surface area contributed by atoms with E-state index in [0.717, 1.165) is 16.9 Å². The van der Waals surface area contributed by atoms with Gasteiger partial charge in [0, 0.05) is 11.3 Å². The number of hydrazone groups is 1. The lowest BCUT2D eigenvalue weighted by Gasteiger charge is -2.07. The highest BCUT2D eigenvalue weighted by atomic mass is 16.5. The standard InChI is InChI=1S/C22H21N3O2/c1-16-2-4-18(5-3-16)15-27-21-12-6-17(7-13-21)14-24-25-22(26)19-8-10-20(23)11-9-19/h2-14H,15,23H2,1H3,(H,25,26)/b24-14+. The van der Waals surface area contributed by atoms with Crippen molar-refractivity contribution in [3.05, 3.63) is 95.1 Å². The summed E-state index contributed by atoms with van der Waals surface area (Å²) in [7, 11) is 0. The normalized spacial score (nSPS) is 10.7. The number of nitrogens with one attached hydrogen (secondary N) is 1. The first-order valence-corrected chi connectivity index (χ1v) is 8.57. The van der Waals surface area contributed by atoms with Gasteiger partial charge in [-0.25, -0.2) is 5.43 Å². The Morgan fingerprint density at radius 2 is 1.67 bits per heavy atom. The van der Waals surface area contributed by atoms with E-state index in [1.54, 1.807) is 30.5 Å². The molecule has 136 valence electrons. The molecule has 3 aromatic rings. The molecule has 3 aromatic carbocycles. The van der Waals surface area contributed by atoms with Crippen LogP contribution in [0.3, 0.4) is 0 Å². The van der Waals surface area contributed by atoms with Gasteiger partial charge in [0.2, 0.25) is 0 Å². The molecule has 0 aliphatic carbocycles. The number of benzene rings is 3. The summed E-state index contributed by atoms with van der Waals surface area (Å²) in [6.07, 6.45) is 1.58. The summed E-state index contributed by atoms with van der Waals surface area (Å²) in [5.74, 6) is 0.489. The largest absolute Gasteiger partial charge is 0.489 e. The van der Waals surface area contributed by atoms with E-state index in [9.17, 15) is 4.79 Å². The minimum Gasteiger partial charge on any atom is -0.489 e. The van der Waals surface area contributed by atoms with Gasteiger partial charge in [-0.15, -0.1) is 0 Å². The molecule has 1 amide bonds. The molecule has 0 fully saturated rings. The Morgan fingerprint density at radius 1 is 1.00 bits per heavy atom. The SMILES string of the molecule is Cc1ccc(COc2ccc(/C=N/NC(=O)c3ccc(N)cc3)cc2)cc1. The van der Waals surface area contributed by atoms with Gasteiger partial charge in [-0.1, -0.05) is 29.8 Å².